The fraction of sp³-hybridized carbons (Fsp3) is 0.130. The summed E-state index contributed by atoms with van der Waals surface area (Å²) < 4.78 is 27.7. The van der Waals surface area contributed by atoms with Crippen LogP contribution in [0.25, 0.3) is 11.3 Å². The summed E-state index contributed by atoms with van der Waals surface area (Å²) in [6.45, 7) is 0.279. The van der Waals surface area contributed by atoms with Crippen LogP contribution in [0.15, 0.2) is 60.7 Å². The molecule has 0 amide bonds. The molecule has 2 aromatic heterocycles. The van der Waals surface area contributed by atoms with E-state index in [1.165, 1.54) is 25.6 Å². The molecule has 4 rings (SSSR count). The van der Waals surface area contributed by atoms with Gasteiger partial charge in [-0.3, -0.25) is 4.79 Å². The van der Waals surface area contributed by atoms with Gasteiger partial charge >= 0.3 is 0 Å². The number of ether oxygens (including phenoxy) is 2. The van der Waals surface area contributed by atoms with E-state index in [0.29, 0.717) is 21.4 Å². The molecular weight excluding hydrogens is 453 g/mol. The van der Waals surface area contributed by atoms with Crippen molar-refractivity contribution in [2.45, 2.75) is 6.54 Å². The van der Waals surface area contributed by atoms with E-state index >= 15 is 4.39 Å². The summed E-state index contributed by atoms with van der Waals surface area (Å²) in [6.07, 6.45) is 0. The number of carbonyl (C=O) groups is 1. The first kappa shape index (κ1) is 21.9. The Morgan fingerprint density at radius 2 is 1.91 bits per heavy atom. The predicted octanol–water partition coefficient (Wildman–Crippen LogP) is 5.72. The van der Waals surface area contributed by atoms with Crippen molar-refractivity contribution < 1.29 is 18.7 Å². The van der Waals surface area contributed by atoms with Crippen molar-refractivity contribution in [3.63, 3.8) is 0 Å². The minimum atomic E-state index is -0.625. The van der Waals surface area contributed by atoms with Crippen molar-refractivity contribution >= 4 is 34.7 Å². The lowest BCUT2D eigenvalue weighted by Gasteiger charge is -2.12. The Morgan fingerprint density at radius 1 is 1.12 bits per heavy atom. The van der Waals surface area contributed by atoms with Crippen LogP contribution in [0.5, 0.6) is 11.5 Å². The van der Waals surface area contributed by atoms with Crippen molar-refractivity contribution in [1.29, 1.82) is 0 Å². The van der Waals surface area contributed by atoms with Crippen LogP contribution in [-0.2, 0) is 6.54 Å². The highest BCUT2D eigenvalue weighted by Gasteiger charge is 2.26. The van der Waals surface area contributed by atoms with E-state index in [9.17, 15) is 4.79 Å². The second kappa shape index (κ2) is 9.42. The Labute approximate surface area is 193 Å². The SMILES string of the molecule is COc1ccc(C(=O)n2nc(-c3ccccc3)c(F)c2NCc2ccc(Cl)s2)c(OC)c1. The van der Waals surface area contributed by atoms with Gasteiger partial charge in [0, 0.05) is 16.5 Å². The van der Waals surface area contributed by atoms with Gasteiger partial charge in [0.15, 0.2) is 11.6 Å². The molecule has 164 valence electrons. The second-order valence-electron chi connectivity index (χ2n) is 6.72. The van der Waals surface area contributed by atoms with Gasteiger partial charge in [-0.1, -0.05) is 41.9 Å². The average Bonchev–Trinajstić information content (AvgIpc) is 3.39. The summed E-state index contributed by atoms with van der Waals surface area (Å²) in [6, 6.07) is 17.2. The van der Waals surface area contributed by atoms with Crippen LogP contribution in [-0.4, -0.2) is 29.9 Å². The van der Waals surface area contributed by atoms with Crippen LogP contribution in [0.3, 0.4) is 0 Å². The molecule has 4 aromatic rings. The van der Waals surface area contributed by atoms with Gasteiger partial charge in [-0.25, -0.2) is 4.39 Å². The molecule has 0 saturated heterocycles. The predicted molar refractivity (Wildman–Crippen MR) is 124 cm³/mol. The van der Waals surface area contributed by atoms with Crippen LogP contribution < -0.4 is 14.8 Å². The first-order valence-corrected chi connectivity index (χ1v) is 10.8. The van der Waals surface area contributed by atoms with Gasteiger partial charge in [-0.15, -0.1) is 11.3 Å². The minimum absolute atomic E-state index is 0.0451. The fourth-order valence-corrected chi connectivity index (χ4v) is 4.21. The summed E-state index contributed by atoms with van der Waals surface area (Å²) in [5, 5.41) is 7.31. The third kappa shape index (κ3) is 4.32. The third-order valence-electron chi connectivity index (χ3n) is 4.77. The highest BCUT2D eigenvalue weighted by molar-refractivity contribution is 7.16. The molecule has 1 N–H and O–H groups in total. The number of anilines is 1. The summed E-state index contributed by atoms with van der Waals surface area (Å²) in [5.41, 5.74) is 0.844. The Hall–Kier alpha value is -3.36. The topological polar surface area (TPSA) is 65.4 Å². The Morgan fingerprint density at radius 3 is 2.56 bits per heavy atom. The van der Waals surface area contributed by atoms with Gasteiger partial charge in [0.2, 0.25) is 0 Å². The van der Waals surface area contributed by atoms with E-state index in [1.807, 2.05) is 12.1 Å². The maximum Gasteiger partial charge on any atom is 0.283 e. The first-order valence-electron chi connectivity index (χ1n) is 9.60. The van der Waals surface area contributed by atoms with E-state index in [1.54, 1.807) is 48.5 Å². The lowest BCUT2D eigenvalue weighted by molar-refractivity contribution is 0.0944. The molecule has 2 heterocycles. The molecule has 0 aliphatic heterocycles. The second-order valence-corrected chi connectivity index (χ2v) is 8.52. The van der Waals surface area contributed by atoms with Crippen molar-refractivity contribution in [3.8, 4) is 22.8 Å². The first-order chi connectivity index (χ1) is 15.5. The van der Waals surface area contributed by atoms with E-state index in [-0.39, 0.29) is 23.6 Å². The molecule has 0 aliphatic carbocycles. The number of halogens is 2. The van der Waals surface area contributed by atoms with E-state index in [2.05, 4.69) is 10.4 Å². The van der Waals surface area contributed by atoms with Crippen LogP contribution in [0.2, 0.25) is 4.34 Å². The zero-order valence-electron chi connectivity index (χ0n) is 17.3. The lowest BCUT2D eigenvalue weighted by Crippen LogP contribution is -2.18. The highest BCUT2D eigenvalue weighted by atomic mass is 35.5. The summed E-state index contributed by atoms with van der Waals surface area (Å²) in [4.78, 5) is 14.3. The number of rotatable bonds is 7. The molecule has 0 radical (unpaired) electrons. The van der Waals surface area contributed by atoms with Crippen LogP contribution >= 0.6 is 22.9 Å². The maximum atomic E-state index is 15.5. The highest BCUT2D eigenvalue weighted by Crippen LogP contribution is 2.31. The molecule has 0 aliphatic rings. The average molecular weight is 472 g/mol. The molecular formula is C23H19ClFN3O3S. The largest absolute Gasteiger partial charge is 0.497 e. The molecule has 0 unspecified atom stereocenters. The maximum absolute atomic E-state index is 15.5. The van der Waals surface area contributed by atoms with Crippen molar-refractivity contribution in [2.24, 2.45) is 0 Å². The number of hydrogen-bond acceptors (Lipinski definition) is 6. The number of hydrogen-bond donors (Lipinski definition) is 1. The van der Waals surface area contributed by atoms with E-state index in [4.69, 9.17) is 21.1 Å². The number of methoxy groups -OCH3 is 2. The molecule has 2 aromatic carbocycles. The molecule has 0 saturated carbocycles. The minimum Gasteiger partial charge on any atom is -0.497 e. The normalized spacial score (nSPS) is 10.8. The molecule has 6 nitrogen and oxygen atoms in total. The molecule has 0 bridgehead atoms. The van der Waals surface area contributed by atoms with Gasteiger partial charge in [-0.2, -0.15) is 9.78 Å². The summed E-state index contributed by atoms with van der Waals surface area (Å²) in [5.74, 6) is -0.390. The standard InChI is InChI=1S/C23H19ClFN3O3S/c1-30-15-8-10-17(18(12-15)31-2)23(29)28-22(26-13-16-9-11-19(24)32-16)20(25)21(27-28)14-6-4-3-5-7-14/h3-12,26H,13H2,1-2H3. The molecule has 0 atom stereocenters. The van der Waals surface area contributed by atoms with E-state index in [0.717, 1.165) is 9.56 Å². The van der Waals surface area contributed by atoms with Gasteiger partial charge < -0.3 is 14.8 Å². The Bertz CT molecular complexity index is 1260. The van der Waals surface area contributed by atoms with Crippen molar-refractivity contribution in [3.05, 3.63) is 81.3 Å². The van der Waals surface area contributed by atoms with Crippen molar-refractivity contribution in [2.75, 3.05) is 19.5 Å². The molecule has 0 fully saturated rings. The monoisotopic (exact) mass is 471 g/mol. The number of benzene rings is 2. The van der Waals surface area contributed by atoms with Crippen LogP contribution in [0.1, 0.15) is 15.2 Å². The quantitative estimate of drug-likeness (QED) is 0.373. The van der Waals surface area contributed by atoms with Gasteiger partial charge in [-0.05, 0) is 24.3 Å². The zero-order chi connectivity index (χ0) is 22.7. The smallest absolute Gasteiger partial charge is 0.283 e. The number of carbonyl (C=O) groups excluding carboxylic acids is 1. The molecule has 9 heteroatoms. The van der Waals surface area contributed by atoms with Gasteiger partial charge in [0.1, 0.15) is 17.2 Å². The summed E-state index contributed by atoms with van der Waals surface area (Å²) >= 11 is 7.37. The third-order valence-corrected chi connectivity index (χ3v) is 6.00. The Kier molecular flexibility index (Phi) is 6.43. The lowest BCUT2D eigenvalue weighted by atomic mass is 10.1. The molecule has 32 heavy (non-hydrogen) atoms. The Balaban J connectivity index is 1.78. The van der Waals surface area contributed by atoms with Crippen LogP contribution in [0, 0.1) is 5.82 Å². The fourth-order valence-electron chi connectivity index (χ4n) is 3.19. The van der Waals surface area contributed by atoms with Crippen molar-refractivity contribution in [1.82, 2.24) is 9.78 Å². The summed E-state index contributed by atoms with van der Waals surface area (Å²) in [7, 11) is 2.97. The van der Waals surface area contributed by atoms with Crippen LogP contribution in [0.4, 0.5) is 10.2 Å². The van der Waals surface area contributed by atoms with Gasteiger partial charge in [0.05, 0.1) is 30.7 Å². The molecule has 0 spiro atoms. The number of aromatic nitrogens is 2. The van der Waals surface area contributed by atoms with Gasteiger partial charge in [0.25, 0.3) is 5.91 Å². The zero-order valence-corrected chi connectivity index (χ0v) is 18.8. The number of nitrogens with one attached hydrogen (secondary N) is 1. The van der Waals surface area contributed by atoms with E-state index < -0.39 is 11.7 Å². The number of nitrogens with zero attached hydrogens (tertiary/aromatic N) is 2. The number of thiophene rings is 1.